The standard InChI is InChI=1S/C15H12F4N4O2S2/c1-2-25-12(24)11-7(10-8(16)4-3-5-9(10)27-11)6-26-14-22-21-13(23(14)20)15(17,18)19/h3-5H,2,6,20H2,1H3. The predicted molar refractivity (Wildman–Crippen MR) is 92.5 cm³/mol. The van der Waals surface area contributed by atoms with Gasteiger partial charge in [-0.05, 0) is 24.6 Å². The molecule has 2 aromatic heterocycles. The van der Waals surface area contributed by atoms with E-state index in [9.17, 15) is 22.4 Å². The Balaban J connectivity index is 1.98. The lowest BCUT2D eigenvalue weighted by Crippen LogP contribution is -2.21. The van der Waals surface area contributed by atoms with E-state index in [2.05, 4.69) is 10.2 Å². The second-order valence-electron chi connectivity index (χ2n) is 5.21. The first kappa shape index (κ1) is 19.4. The number of thioether (sulfide) groups is 1. The molecule has 0 spiro atoms. The van der Waals surface area contributed by atoms with Gasteiger partial charge in [0, 0.05) is 15.8 Å². The molecule has 12 heteroatoms. The zero-order valence-electron chi connectivity index (χ0n) is 13.7. The lowest BCUT2D eigenvalue weighted by molar-refractivity contribution is -0.146. The van der Waals surface area contributed by atoms with E-state index in [-0.39, 0.29) is 27.8 Å². The number of fused-ring (bicyclic) bond motifs is 1. The van der Waals surface area contributed by atoms with Crippen LogP contribution in [0, 0.1) is 5.82 Å². The molecule has 1 aromatic carbocycles. The summed E-state index contributed by atoms with van der Waals surface area (Å²) in [5.74, 6) is 2.85. The largest absolute Gasteiger partial charge is 0.462 e. The third kappa shape index (κ3) is 3.72. The molecule has 0 amide bonds. The fraction of sp³-hybridized carbons (Fsp3) is 0.267. The average molecular weight is 420 g/mol. The number of carbonyl (C=O) groups is 1. The second kappa shape index (κ2) is 7.35. The minimum absolute atomic E-state index is 0.0394. The van der Waals surface area contributed by atoms with Crippen LogP contribution in [0.3, 0.4) is 0 Å². The van der Waals surface area contributed by atoms with Crippen molar-refractivity contribution >= 4 is 39.2 Å². The number of carbonyl (C=O) groups excluding carboxylic acids is 1. The van der Waals surface area contributed by atoms with Crippen LogP contribution in [0.25, 0.3) is 10.1 Å². The molecule has 0 radical (unpaired) electrons. The molecule has 3 rings (SSSR count). The third-order valence-electron chi connectivity index (χ3n) is 3.49. The monoisotopic (exact) mass is 420 g/mol. The Hall–Kier alpha value is -2.34. The maximum Gasteiger partial charge on any atom is 0.453 e. The molecule has 2 heterocycles. The van der Waals surface area contributed by atoms with Gasteiger partial charge in [0.1, 0.15) is 10.7 Å². The summed E-state index contributed by atoms with van der Waals surface area (Å²) in [7, 11) is 0. The summed E-state index contributed by atoms with van der Waals surface area (Å²) >= 11 is 1.86. The fourth-order valence-electron chi connectivity index (χ4n) is 2.37. The van der Waals surface area contributed by atoms with Crippen molar-refractivity contribution in [1.29, 1.82) is 0 Å². The minimum Gasteiger partial charge on any atom is -0.462 e. The van der Waals surface area contributed by atoms with Crippen molar-refractivity contribution < 1.29 is 27.1 Å². The van der Waals surface area contributed by atoms with E-state index in [1.54, 1.807) is 13.0 Å². The molecule has 0 bridgehead atoms. The van der Waals surface area contributed by atoms with Crippen LogP contribution in [0.5, 0.6) is 0 Å². The van der Waals surface area contributed by atoms with E-state index in [1.807, 2.05) is 0 Å². The number of thiophene rings is 1. The lowest BCUT2D eigenvalue weighted by Gasteiger charge is -2.07. The highest BCUT2D eigenvalue weighted by molar-refractivity contribution is 7.98. The number of alkyl halides is 3. The summed E-state index contributed by atoms with van der Waals surface area (Å²) < 4.78 is 58.5. The number of benzene rings is 1. The van der Waals surface area contributed by atoms with Crippen molar-refractivity contribution in [2.24, 2.45) is 0 Å². The van der Waals surface area contributed by atoms with Crippen LogP contribution >= 0.6 is 23.1 Å². The quantitative estimate of drug-likeness (QED) is 0.292. The highest BCUT2D eigenvalue weighted by Crippen LogP contribution is 2.37. The zero-order valence-corrected chi connectivity index (χ0v) is 15.3. The summed E-state index contributed by atoms with van der Waals surface area (Å²) in [6, 6.07) is 4.39. The van der Waals surface area contributed by atoms with E-state index in [4.69, 9.17) is 10.6 Å². The Morgan fingerprint density at radius 1 is 1.37 bits per heavy atom. The smallest absolute Gasteiger partial charge is 0.453 e. The van der Waals surface area contributed by atoms with Gasteiger partial charge < -0.3 is 10.6 Å². The molecule has 27 heavy (non-hydrogen) atoms. The van der Waals surface area contributed by atoms with Gasteiger partial charge in [0.15, 0.2) is 0 Å². The highest BCUT2D eigenvalue weighted by atomic mass is 32.2. The van der Waals surface area contributed by atoms with E-state index in [0.717, 1.165) is 23.1 Å². The van der Waals surface area contributed by atoms with E-state index >= 15 is 0 Å². The second-order valence-corrected chi connectivity index (χ2v) is 7.20. The number of hydrogen-bond donors (Lipinski definition) is 1. The first-order valence-electron chi connectivity index (χ1n) is 7.51. The molecule has 0 unspecified atom stereocenters. The number of ether oxygens (including phenoxy) is 1. The van der Waals surface area contributed by atoms with Gasteiger partial charge in [-0.25, -0.2) is 13.9 Å². The van der Waals surface area contributed by atoms with Gasteiger partial charge in [-0.3, -0.25) is 0 Å². The third-order valence-corrected chi connectivity index (χ3v) is 5.63. The molecule has 3 aromatic rings. The number of nitrogens with two attached hydrogens (primary N) is 1. The van der Waals surface area contributed by atoms with Gasteiger partial charge in [0.05, 0.1) is 6.61 Å². The van der Waals surface area contributed by atoms with E-state index in [1.165, 1.54) is 12.1 Å². The number of rotatable bonds is 5. The molecule has 0 aliphatic carbocycles. The number of nitrogen functional groups attached to an aromatic ring is 1. The Labute approximate surface area is 158 Å². The number of esters is 1. The van der Waals surface area contributed by atoms with Gasteiger partial charge in [-0.1, -0.05) is 17.8 Å². The Kier molecular flexibility index (Phi) is 5.29. The van der Waals surface area contributed by atoms with E-state index in [0.29, 0.717) is 14.9 Å². The van der Waals surface area contributed by atoms with Gasteiger partial charge in [0.2, 0.25) is 5.16 Å². The summed E-state index contributed by atoms with van der Waals surface area (Å²) in [5.41, 5.74) is 0.313. The van der Waals surface area contributed by atoms with Crippen molar-refractivity contribution in [3.05, 3.63) is 40.3 Å². The maximum atomic E-state index is 14.3. The summed E-state index contributed by atoms with van der Waals surface area (Å²) in [6.45, 7) is 1.77. The zero-order chi connectivity index (χ0) is 19.8. The molecule has 0 saturated carbocycles. The van der Waals surface area contributed by atoms with Gasteiger partial charge in [0.25, 0.3) is 5.82 Å². The SMILES string of the molecule is CCOC(=O)c1sc2cccc(F)c2c1CSc1nnc(C(F)(F)F)n1N. The normalized spacial score (nSPS) is 11.9. The predicted octanol–water partition coefficient (Wildman–Crippen LogP) is 3.83. The van der Waals surface area contributed by atoms with E-state index < -0.39 is 23.8 Å². The summed E-state index contributed by atoms with van der Waals surface area (Å²) in [4.78, 5) is 12.4. The fourth-order valence-corrected chi connectivity index (χ4v) is 4.48. The first-order valence-corrected chi connectivity index (χ1v) is 9.31. The van der Waals surface area contributed by atoms with Crippen molar-refractivity contribution in [2.45, 2.75) is 24.0 Å². The first-order chi connectivity index (χ1) is 12.7. The topological polar surface area (TPSA) is 83.0 Å². The van der Waals surface area contributed by atoms with Crippen LogP contribution in [0.4, 0.5) is 17.6 Å². The number of nitrogens with zero attached hydrogens (tertiary/aromatic N) is 3. The van der Waals surface area contributed by atoms with Crippen molar-refractivity contribution in [2.75, 3.05) is 12.4 Å². The van der Waals surface area contributed by atoms with Crippen LogP contribution < -0.4 is 5.84 Å². The Morgan fingerprint density at radius 3 is 2.74 bits per heavy atom. The van der Waals surface area contributed by atoms with Gasteiger partial charge in [-0.15, -0.1) is 21.5 Å². The molecule has 6 nitrogen and oxygen atoms in total. The van der Waals surface area contributed by atoms with Crippen LogP contribution in [0.15, 0.2) is 23.4 Å². The maximum absolute atomic E-state index is 14.3. The Morgan fingerprint density at radius 2 is 2.11 bits per heavy atom. The minimum atomic E-state index is -4.75. The molecule has 0 aliphatic heterocycles. The van der Waals surface area contributed by atoms with Gasteiger partial charge >= 0.3 is 12.1 Å². The molecule has 0 atom stereocenters. The number of hydrogen-bond acceptors (Lipinski definition) is 7. The van der Waals surface area contributed by atoms with Crippen LogP contribution in [-0.2, 0) is 16.7 Å². The molecule has 0 aliphatic rings. The average Bonchev–Trinajstić information content (AvgIpc) is 3.14. The number of halogens is 4. The highest BCUT2D eigenvalue weighted by Gasteiger charge is 2.38. The molecular weight excluding hydrogens is 408 g/mol. The van der Waals surface area contributed by atoms with Crippen molar-refractivity contribution in [3.8, 4) is 0 Å². The number of aromatic nitrogens is 3. The molecule has 0 fully saturated rings. The molecule has 0 saturated heterocycles. The summed E-state index contributed by atoms with van der Waals surface area (Å²) in [5, 5.41) is 6.46. The molecular formula is C15H12F4N4O2S2. The van der Waals surface area contributed by atoms with Crippen molar-refractivity contribution in [1.82, 2.24) is 14.9 Å². The summed E-state index contributed by atoms with van der Waals surface area (Å²) in [6.07, 6.45) is -4.75. The Bertz CT molecular complexity index is 1000. The van der Waals surface area contributed by atoms with Crippen molar-refractivity contribution in [3.63, 3.8) is 0 Å². The van der Waals surface area contributed by atoms with Crippen LogP contribution in [0.2, 0.25) is 0 Å². The van der Waals surface area contributed by atoms with Gasteiger partial charge in [-0.2, -0.15) is 13.2 Å². The molecule has 144 valence electrons. The van der Waals surface area contributed by atoms with Crippen LogP contribution in [0.1, 0.15) is 28.0 Å². The van der Waals surface area contributed by atoms with Crippen LogP contribution in [-0.4, -0.2) is 27.4 Å². The molecule has 2 N–H and O–H groups in total. The lowest BCUT2D eigenvalue weighted by atomic mass is 10.1.